The second kappa shape index (κ2) is 8.34. The summed E-state index contributed by atoms with van der Waals surface area (Å²) >= 11 is 6.52. The van der Waals surface area contributed by atoms with Gasteiger partial charge in [0, 0.05) is 33.6 Å². The van der Waals surface area contributed by atoms with E-state index < -0.39 is 18.1 Å². The molecule has 0 amide bonds. The third-order valence-corrected chi connectivity index (χ3v) is 6.46. The van der Waals surface area contributed by atoms with Crippen LogP contribution in [0, 0.1) is 6.92 Å². The molecule has 6 heteroatoms. The molecule has 1 aliphatic heterocycles. The van der Waals surface area contributed by atoms with Gasteiger partial charge in [0.05, 0.1) is 6.04 Å². The maximum atomic E-state index is 12.0. The van der Waals surface area contributed by atoms with Crippen molar-refractivity contribution in [1.29, 1.82) is 0 Å². The lowest BCUT2D eigenvalue weighted by atomic mass is 9.89. The standard InChI is InChI=1S/C26H23ClN2O3/c1-15-11-23(32-14-16-7-3-2-4-8-16)19(12-20(15)27)25-24-18(13-22(29-25)26(30)31)17-9-5-6-10-21(17)28-24/h2-12,22,25,28-29H,13-14H2,1H3,(H,30,31). The highest BCUT2D eigenvalue weighted by molar-refractivity contribution is 6.31. The third kappa shape index (κ3) is 3.74. The highest BCUT2D eigenvalue weighted by atomic mass is 35.5. The molecule has 2 atom stereocenters. The molecule has 0 saturated heterocycles. The largest absolute Gasteiger partial charge is 0.489 e. The van der Waals surface area contributed by atoms with Crippen LogP contribution in [-0.2, 0) is 17.8 Å². The number of carboxylic acids is 1. The summed E-state index contributed by atoms with van der Waals surface area (Å²) in [6, 6.07) is 20.6. The minimum Gasteiger partial charge on any atom is -0.489 e. The Morgan fingerprint density at radius 1 is 1.12 bits per heavy atom. The number of ether oxygens (including phenoxy) is 1. The molecule has 5 nitrogen and oxygen atoms in total. The molecule has 3 N–H and O–H groups in total. The molecule has 162 valence electrons. The van der Waals surface area contributed by atoms with Gasteiger partial charge in [-0.25, -0.2) is 0 Å². The van der Waals surface area contributed by atoms with Crippen molar-refractivity contribution in [2.45, 2.75) is 32.0 Å². The summed E-state index contributed by atoms with van der Waals surface area (Å²) in [4.78, 5) is 15.5. The predicted molar refractivity (Wildman–Crippen MR) is 125 cm³/mol. The number of carbonyl (C=O) groups is 1. The van der Waals surface area contributed by atoms with E-state index in [1.807, 2.05) is 73.7 Å². The Bertz CT molecular complexity index is 1300. The maximum Gasteiger partial charge on any atom is 0.321 e. The molecule has 0 spiro atoms. The first-order valence-corrected chi connectivity index (χ1v) is 10.9. The number of fused-ring (bicyclic) bond motifs is 3. The zero-order valence-corrected chi connectivity index (χ0v) is 18.3. The van der Waals surface area contributed by atoms with Crippen molar-refractivity contribution >= 4 is 28.5 Å². The number of rotatable bonds is 5. The fourth-order valence-electron chi connectivity index (χ4n) is 4.39. The smallest absolute Gasteiger partial charge is 0.321 e. The topological polar surface area (TPSA) is 74.3 Å². The summed E-state index contributed by atoms with van der Waals surface area (Å²) in [6.45, 7) is 2.34. The highest BCUT2D eigenvalue weighted by Crippen LogP contribution is 2.40. The molecule has 0 bridgehead atoms. The fraction of sp³-hybridized carbons (Fsp3) is 0.192. The van der Waals surface area contributed by atoms with Crippen LogP contribution in [0.1, 0.15) is 34.0 Å². The van der Waals surface area contributed by atoms with Crippen LogP contribution in [0.5, 0.6) is 5.75 Å². The molecule has 3 aromatic carbocycles. The lowest BCUT2D eigenvalue weighted by Gasteiger charge is -2.31. The van der Waals surface area contributed by atoms with Gasteiger partial charge in [-0.05, 0) is 41.8 Å². The van der Waals surface area contributed by atoms with Gasteiger partial charge >= 0.3 is 5.97 Å². The fourth-order valence-corrected chi connectivity index (χ4v) is 4.57. The van der Waals surface area contributed by atoms with E-state index in [2.05, 4.69) is 10.3 Å². The summed E-state index contributed by atoms with van der Waals surface area (Å²) in [6.07, 6.45) is 0.408. The molecule has 0 saturated carbocycles. The molecule has 2 heterocycles. The first-order valence-electron chi connectivity index (χ1n) is 10.6. The average Bonchev–Trinajstić information content (AvgIpc) is 3.18. The van der Waals surface area contributed by atoms with E-state index in [9.17, 15) is 9.90 Å². The molecular formula is C26H23ClN2O3. The second-order valence-electron chi connectivity index (χ2n) is 8.17. The molecule has 1 aliphatic rings. The van der Waals surface area contributed by atoms with Crippen LogP contribution < -0.4 is 10.1 Å². The van der Waals surface area contributed by atoms with Crippen LogP contribution in [0.2, 0.25) is 5.02 Å². The number of nitrogens with one attached hydrogen (secondary N) is 2. The van der Waals surface area contributed by atoms with Crippen LogP contribution >= 0.6 is 11.6 Å². The first kappa shape index (κ1) is 20.6. The number of benzene rings is 3. The van der Waals surface area contributed by atoms with Crippen molar-refractivity contribution in [3.05, 3.63) is 99.7 Å². The van der Waals surface area contributed by atoms with E-state index in [1.54, 1.807) is 0 Å². The lowest BCUT2D eigenvalue weighted by Crippen LogP contribution is -2.45. The van der Waals surface area contributed by atoms with Crippen LogP contribution in [-0.4, -0.2) is 22.1 Å². The van der Waals surface area contributed by atoms with Crippen molar-refractivity contribution in [2.75, 3.05) is 0 Å². The first-order chi connectivity index (χ1) is 15.5. The number of halogens is 1. The van der Waals surface area contributed by atoms with Crippen LogP contribution in [0.4, 0.5) is 0 Å². The molecule has 4 aromatic rings. The molecule has 0 fully saturated rings. The maximum absolute atomic E-state index is 12.0. The van der Waals surface area contributed by atoms with Crippen molar-refractivity contribution in [3.8, 4) is 5.75 Å². The number of aromatic nitrogens is 1. The van der Waals surface area contributed by atoms with Gasteiger partial charge in [0.2, 0.25) is 0 Å². The molecule has 0 radical (unpaired) electrons. The number of hydrogen-bond acceptors (Lipinski definition) is 3. The van der Waals surface area contributed by atoms with Gasteiger partial charge < -0.3 is 14.8 Å². The van der Waals surface area contributed by atoms with Crippen LogP contribution in [0.3, 0.4) is 0 Å². The highest BCUT2D eigenvalue weighted by Gasteiger charge is 2.35. The van der Waals surface area contributed by atoms with E-state index >= 15 is 0 Å². The number of carboxylic acid groups (broad SMARTS) is 1. The Kier molecular flexibility index (Phi) is 5.37. The predicted octanol–water partition coefficient (Wildman–Crippen LogP) is 5.40. The summed E-state index contributed by atoms with van der Waals surface area (Å²) in [5, 5.41) is 14.8. The van der Waals surface area contributed by atoms with Gasteiger partial charge in [0.25, 0.3) is 0 Å². The van der Waals surface area contributed by atoms with Gasteiger partial charge in [-0.15, -0.1) is 0 Å². The minimum atomic E-state index is -0.879. The van der Waals surface area contributed by atoms with E-state index in [0.717, 1.165) is 38.9 Å². The number of hydrogen-bond donors (Lipinski definition) is 3. The molecular weight excluding hydrogens is 424 g/mol. The number of aryl methyl sites for hydroxylation is 1. The van der Waals surface area contributed by atoms with E-state index in [4.69, 9.17) is 16.3 Å². The van der Waals surface area contributed by atoms with Crippen LogP contribution in [0.15, 0.2) is 66.7 Å². The molecule has 5 rings (SSSR count). The van der Waals surface area contributed by atoms with Gasteiger partial charge in [0.15, 0.2) is 0 Å². The zero-order chi connectivity index (χ0) is 22.2. The van der Waals surface area contributed by atoms with Crippen molar-refractivity contribution < 1.29 is 14.6 Å². The Hall–Kier alpha value is -3.28. The van der Waals surface area contributed by atoms with Gasteiger partial charge in [-0.2, -0.15) is 0 Å². The summed E-state index contributed by atoms with van der Waals surface area (Å²) in [5.41, 5.74) is 5.73. The van der Waals surface area contributed by atoms with Crippen molar-refractivity contribution in [1.82, 2.24) is 10.3 Å². The Morgan fingerprint density at radius 3 is 2.66 bits per heavy atom. The second-order valence-corrected chi connectivity index (χ2v) is 8.58. The Balaban J connectivity index is 1.61. The number of aliphatic carboxylic acids is 1. The molecule has 32 heavy (non-hydrogen) atoms. The number of H-pyrrole nitrogens is 1. The van der Waals surface area contributed by atoms with Crippen LogP contribution in [0.25, 0.3) is 10.9 Å². The third-order valence-electron chi connectivity index (χ3n) is 6.05. The van der Waals surface area contributed by atoms with E-state index in [-0.39, 0.29) is 0 Å². The molecule has 2 unspecified atom stereocenters. The summed E-state index contributed by atoms with van der Waals surface area (Å²) < 4.78 is 6.24. The number of aromatic amines is 1. The zero-order valence-electron chi connectivity index (χ0n) is 17.6. The molecule has 0 aliphatic carbocycles. The summed E-state index contributed by atoms with van der Waals surface area (Å²) in [5.74, 6) is -0.195. The SMILES string of the molecule is Cc1cc(OCc2ccccc2)c(C2NC(C(=O)O)Cc3c2[nH]c2ccccc32)cc1Cl. The Morgan fingerprint density at radius 2 is 1.88 bits per heavy atom. The van der Waals surface area contributed by atoms with Crippen molar-refractivity contribution in [2.24, 2.45) is 0 Å². The van der Waals surface area contributed by atoms with E-state index in [0.29, 0.717) is 23.8 Å². The quantitative estimate of drug-likeness (QED) is 0.384. The normalized spacial score (nSPS) is 17.8. The lowest BCUT2D eigenvalue weighted by molar-refractivity contribution is -0.139. The monoisotopic (exact) mass is 446 g/mol. The van der Waals surface area contributed by atoms with E-state index in [1.165, 1.54) is 0 Å². The van der Waals surface area contributed by atoms with Gasteiger partial charge in [-0.3, -0.25) is 10.1 Å². The minimum absolute atomic E-state index is 0.392. The van der Waals surface area contributed by atoms with Crippen molar-refractivity contribution in [3.63, 3.8) is 0 Å². The average molecular weight is 447 g/mol. The molecule has 1 aromatic heterocycles. The van der Waals surface area contributed by atoms with Gasteiger partial charge in [-0.1, -0.05) is 60.1 Å². The Labute approximate surface area is 191 Å². The summed E-state index contributed by atoms with van der Waals surface area (Å²) in [7, 11) is 0. The van der Waals surface area contributed by atoms with Gasteiger partial charge in [0.1, 0.15) is 18.4 Å². The number of para-hydroxylation sites is 1.